The Hall–Kier alpha value is -1.26. The van der Waals surface area contributed by atoms with E-state index in [0.717, 1.165) is 0 Å². The van der Waals surface area contributed by atoms with Crippen LogP contribution in [0.1, 0.15) is 26.7 Å². The van der Waals surface area contributed by atoms with Gasteiger partial charge in [0.1, 0.15) is 12.2 Å². The Kier molecular flexibility index (Phi) is 4.67. The largest absolute Gasteiger partial charge is 0.454 e. The Morgan fingerprint density at radius 1 is 0.800 bits per heavy atom. The van der Waals surface area contributed by atoms with Gasteiger partial charge in [-0.05, 0) is 0 Å². The highest BCUT2D eigenvalue weighted by atomic mass is 16.8. The predicted octanol–water partition coefficient (Wildman–Crippen LogP) is -0.106. The Morgan fingerprint density at radius 3 is 1.64 bits per heavy atom. The minimum Gasteiger partial charge on any atom is -0.454 e. The van der Waals surface area contributed by atoms with Crippen molar-refractivity contribution in [1.29, 1.82) is 0 Å². The van der Waals surface area contributed by atoms with Crippen LogP contribution in [-0.4, -0.2) is 74.4 Å². The molecule has 9 heteroatoms. The summed E-state index contributed by atoms with van der Waals surface area (Å²) >= 11 is 0. The first kappa shape index (κ1) is 17.2. The molecule has 9 nitrogen and oxygen atoms in total. The maximum Gasteiger partial charge on any atom is 0.303 e. The summed E-state index contributed by atoms with van der Waals surface area (Å²) in [6, 6.07) is 0. The number of carbonyl (C=O) groups excluding carboxylic acids is 2. The number of carbonyl (C=O) groups is 2. The molecule has 0 aromatic heterocycles. The van der Waals surface area contributed by atoms with Crippen molar-refractivity contribution >= 4 is 11.9 Å². The predicted molar refractivity (Wildman–Crippen MR) is 78.2 cm³/mol. The second-order valence-electron chi connectivity index (χ2n) is 6.75. The van der Waals surface area contributed by atoms with E-state index in [9.17, 15) is 9.59 Å². The van der Waals surface area contributed by atoms with Crippen molar-refractivity contribution in [2.45, 2.75) is 75.9 Å². The average Bonchev–Trinajstić information content (AvgIpc) is 3.12. The summed E-state index contributed by atoms with van der Waals surface area (Å²) in [6.07, 6.45) is -2.61. The van der Waals surface area contributed by atoms with Gasteiger partial charge < -0.3 is 33.2 Å². The standard InChI is InChI=1S/C16H22O9/c1-7(17)21-13-11-3-9(5-19-11)23-15(13)25-16-14(22-8(2)18)12-4-10(24-16)6-20-12/h9-16H,3-6H2,1-2H3/t9-,10-,11-,12-,13+,14+,15+,16+/m0/s1. The van der Waals surface area contributed by atoms with Crippen LogP contribution in [0, 0.1) is 0 Å². The number of hydrogen-bond acceptors (Lipinski definition) is 9. The first-order chi connectivity index (χ1) is 12.0. The molecule has 4 saturated heterocycles. The maximum absolute atomic E-state index is 11.4. The summed E-state index contributed by atoms with van der Waals surface area (Å²) in [6.45, 7) is 3.50. The van der Waals surface area contributed by atoms with Gasteiger partial charge in [-0.2, -0.15) is 0 Å². The molecule has 25 heavy (non-hydrogen) atoms. The van der Waals surface area contributed by atoms with Crippen LogP contribution >= 0.6 is 0 Å². The quantitative estimate of drug-likeness (QED) is 0.638. The number of rotatable bonds is 4. The molecule has 0 aromatic rings. The van der Waals surface area contributed by atoms with Crippen LogP contribution in [-0.2, 0) is 42.7 Å². The summed E-state index contributed by atoms with van der Waals surface area (Å²) in [5.74, 6) is -0.888. The fraction of sp³-hybridized carbons (Fsp3) is 0.875. The first-order valence-corrected chi connectivity index (χ1v) is 8.53. The zero-order chi connectivity index (χ0) is 17.6. The molecular weight excluding hydrogens is 336 g/mol. The van der Waals surface area contributed by atoms with Crippen molar-refractivity contribution in [2.24, 2.45) is 0 Å². The first-order valence-electron chi connectivity index (χ1n) is 8.53. The van der Waals surface area contributed by atoms with Gasteiger partial charge in [0.25, 0.3) is 0 Å². The van der Waals surface area contributed by atoms with E-state index in [0.29, 0.717) is 26.1 Å². The van der Waals surface area contributed by atoms with Gasteiger partial charge in [0.05, 0.1) is 25.4 Å². The number of hydrogen-bond donors (Lipinski definition) is 0. The molecule has 4 aliphatic heterocycles. The lowest BCUT2D eigenvalue weighted by molar-refractivity contribution is -0.332. The second kappa shape index (κ2) is 6.81. The van der Waals surface area contributed by atoms with E-state index in [4.69, 9.17) is 33.2 Å². The lowest BCUT2D eigenvalue weighted by atomic mass is 10.0. The van der Waals surface area contributed by atoms with Gasteiger partial charge >= 0.3 is 11.9 Å². The van der Waals surface area contributed by atoms with E-state index in [-0.39, 0.29) is 24.4 Å². The van der Waals surface area contributed by atoms with Gasteiger partial charge in [0.2, 0.25) is 12.6 Å². The Morgan fingerprint density at radius 2 is 1.24 bits per heavy atom. The summed E-state index contributed by atoms with van der Waals surface area (Å²) in [7, 11) is 0. The molecule has 0 unspecified atom stereocenters. The van der Waals surface area contributed by atoms with Crippen LogP contribution in [0.25, 0.3) is 0 Å². The molecule has 0 N–H and O–H groups in total. The molecule has 140 valence electrons. The van der Waals surface area contributed by atoms with Crippen molar-refractivity contribution in [3.63, 3.8) is 0 Å². The normalized spacial score (nSPS) is 45.2. The van der Waals surface area contributed by atoms with Crippen molar-refractivity contribution in [3.05, 3.63) is 0 Å². The van der Waals surface area contributed by atoms with Crippen molar-refractivity contribution < 1.29 is 42.7 Å². The fourth-order valence-electron chi connectivity index (χ4n) is 3.78. The SMILES string of the molecule is CC(=O)O[C@H]1[C@@H](O[C@H]2O[C@@H]3CO[C@@H](C3)[C@H]2OC(C)=O)O[C@@H]2CO[C@H]1C2. The minimum atomic E-state index is -0.851. The maximum atomic E-state index is 11.4. The van der Waals surface area contributed by atoms with Crippen LogP contribution in [0.4, 0.5) is 0 Å². The Balaban J connectivity index is 1.49. The topological polar surface area (TPSA) is 98.8 Å². The van der Waals surface area contributed by atoms with Crippen LogP contribution in [0.15, 0.2) is 0 Å². The van der Waals surface area contributed by atoms with Crippen LogP contribution in [0.5, 0.6) is 0 Å². The monoisotopic (exact) mass is 358 g/mol. The van der Waals surface area contributed by atoms with E-state index in [1.165, 1.54) is 13.8 Å². The molecule has 0 saturated carbocycles. The molecule has 8 atom stereocenters. The zero-order valence-corrected chi connectivity index (χ0v) is 14.1. The van der Waals surface area contributed by atoms with E-state index >= 15 is 0 Å². The second-order valence-corrected chi connectivity index (χ2v) is 6.75. The minimum absolute atomic E-state index is 0.120. The summed E-state index contributed by atoms with van der Waals surface area (Å²) < 4.78 is 39.6. The van der Waals surface area contributed by atoms with Crippen LogP contribution in [0.3, 0.4) is 0 Å². The molecule has 0 aromatic carbocycles. The van der Waals surface area contributed by atoms with Crippen LogP contribution < -0.4 is 0 Å². The van der Waals surface area contributed by atoms with Gasteiger partial charge in [-0.3, -0.25) is 9.59 Å². The highest BCUT2D eigenvalue weighted by Crippen LogP contribution is 2.36. The van der Waals surface area contributed by atoms with Gasteiger partial charge in [-0.25, -0.2) is 0 Å². The number of fused-ring (bicyclic) bond motifs is 4. The molecule has 4 bridgehead atoms. The van der Waals surface area contributed by atoms with Gasteiger partial charge in [-0.1, -0.05) is 0 Å². The van der Waals surface area contributed by atoms with E-state index in [2.05, 4.69) is 0 Å². The van der Waals surface area contributed by atoms with Crippen molar-refractivity contribution in [3.8, 4) is 0 Å². The Labute approximate surface area is 144 Å². The van der Waals surface area contributed by atoms with E-state index in [1.54, 1.807) is 0 Å². The summed E-state index contributed by atoms with van der Waals surface area (Å²) in [5, 5.41) is 0. The Bertz CT molecular complexity index is 492. The van der Waals surface area contributed by atoms with E-state index < -0.39 is 36.7 Å². The molecule has 4 aliphatic rings. The third-order valence-electron chi connectivity index (χ3n) is 4.78. The van der Waals surface area contributed by atoms with Gasteiger partial charge in [0, 0.05) is 26.7 Å². The highest BCUT2D eigenvalue weighted by Gasteiger charge is 2.52. The molecule has 4 fully saturated rings. The molecule has 0 spiro atoms. The van der Waals surface area contributed by atoms with Crippen LogP contribution in [0.2, 0.25) is 0 Å². The van der Waals surface area contributed by atoms with Gasteiger partial charge in [-0.15, -0.1) is 0 Å². The number of ether oxygens (including phenoxy) is 7. The average molecular weight is 358 g/mol. The number of esters is 2. The van der Waals surface area contributed by atoms with Crippen molar-refractivity contribution in [1.82, 2.24) is 0 Å². The molecule has 0 amide bonds. The smallest absolute Gasteiger partial charge is 0.303 e. The highest BCUT2D eigenvalue weighted by molar-refractivity contribution is 5.66. The molecule has 4 heterocycles. The summed E-state index contributed by atoms with van der Waals surface area (Å²) in [4.78, 5) is 22.9. The van der Waals surface area contributed by atoms with Crippen molar-refractivity contribution in [2.75, 3.05) is 13.2 Å². The third-order valence-corrected chi connectivity index (χ3v) is 4.78. The third kappa shape index (κ3) is 3.52. The molecular formula is C16H22O9. The molecule has 4 rings (SSSR count). The van der Waals surface area contributed by atoms with E-state index in [1.807, 2.05) is 0 Å². The molecule has 0 aliphatic carbocycles. The summed E-state index contributed by atoms with van der Waals surface area (Å²) in [5.41, 5.74) is 0. The fourth-order valence-corrected chi connectivity index (χ4v) is 3.78. The lowest BCUT2D eigenvalue weighted by Gasteiger charge is -2.40. The lowest BCUT2D eigenvalue weighted by Crippen LogP contribution is -2.54. The zero-order valence-electron chi connectivity index (χ0n) is 14.1. The molecule has 0 radical (unpaired) electrons. The van der Waals surface area contributed by atoms with Gasteiger partial charge in [0.15, 0.2) is 12.2 Å².